The predicted molar refractivity (Wildman–Crippen MR) is 146 cm³/mol. The third kappa shape index (κ3) is 7.17. The van der Waals surface area contributed by atoms with Gasteiger partial charge in [0, 0.05) is 37.5 Å². The van der Waals surface area contributed by atoms with Crippen molar-refractivity contribution in [1.29, 1.82) is 0 Å². The number of sulfone groups is 1. The first kappa shape index (κ1) is 28.8. The zero-order valence-corrected chi connectivity index (χ0v) is 23.2. The average molecular weight is 574 g/mol. The Labute approximate surface area is 225 Å². The van der Waals surface area contributed by atoms with Crippen molar-refractivity contribution in [1.82, 2.24) is 9.88 Å². The van der Waals surface area contributed by atoms with Crippen molar-refractivity contribution in [2.24, 2.45) is 0 Å². The SMILES string of the molecule is CSc1cccc2sc(N(CCN3CCOCC3)C(=O)CCCS(=O)(=O)c3ccc(F)cc3)nc12.Cl. The minimum atomic E-state index is -3.60. The molecule has 0 saturated carbocycles. The molecule has 2 aromatic carbocycles. The van der Waals surface area contributed by atoms with Gasteiger partial charge in [-0.2, -0.15) is 0 Å². The van der Waals surface area contributed by atoms with E-state index in [1.54, 1.807) is 16.7 Å². The lowest BCUT2D eigenvalue weighted by Gasteiger charge is -2.29. The molecule has 7 nitrogen and oxygen atoms in total. The van der Waals surface area contributed by atoms with Gasteiger partial charge in [0.15, 0.2) is 15.0 Å². The van der Waals surface area contributed by atoms with Crippen LogP contribution in [-0.2, 0) is 19.4 Å². The molecule has 0 N–H and O–H groups in total. The highest BCUT2D eigenvalue weighted by molar-refractivity contribution is 7.98. The Morgan fingerprint density at radius 3 is 2.61 bits per heavy atom. The number of fused-ring (bicyclic) bond motifs is 1. The van der Waals surface area contributed by atoms with Crippen LogP contribution in [0.2, 0.25) is 0 Å². The Kier molecular flexibility index (Phi) is 10.5. The number of amides is 1. The molecule has 4 rings (SSSR count). The van der Waals surface area contributed by atoms with Crippen molar-refractivity contribution in [3.05, 3.63) is 48.3 Å². The zero-order valence-electron chi connectivity index (χ0n) is 19.9. The first-order valence-corrected chi connectivity index (χ1v) is 15.1. The van der Waals surface area contributed by atoms with Gasteiger partial charge in [-0.25, -0.2) is 17.8 Å². The summed E-state index contributed by atoms with van der Waals surface area (Å²) in [5.41, 5.74) is 0.878. The molecule has 196 valence electrons. The molecule has 1 aromatic heterocycles. The molecule has 0 spiro atoms. The van der Waals surface area contributed by atoms with E-state index in [1.807, 2.05) is 24.5 Å². The fourth-order valence-electron chi connectivity index (χ4n) is 3.89. The second-order valence-electron chi connectivity index (χ2n) is 8.18. The van der Waals surface area contributed by atoms with Gasteiger partial charge in [-0.05, 0) is 49.1 Å². The maximum atomic E-state index is 13.3. The van der Waals surface area contributed by atoms with Crippen molar-refractivity contribution < 1.29 is 22.3 Å². The highest BCUT2D eigenvalue weighted by Crippen LogP contribution is 2.34. The van der Waals surface area contributed by atoms with Crippen LogP contribution in [0.5, 0.6) is 0 Å². The van der Waals surface area contributed by atoms with Crippen molar-refractivity contribution in [3.63, 3.8) is 0 Å². The second kappa shape index (κ2) is 13.2. The molecule has 36 heavy (non-hydrogen) atoms. The lowest BCUT2D eigenvalue weighted by atomic mass is 10.3. The van der Waals surface area contributed by atoms with Crippen LogP contribution in [0, 0.1) is 5.82 Å². The van der Waals surface area contributed by atoms with Gasteiger partial charge >= 0.3 is 0 Å². The van der Waals surface area contributed by atoms with Gasteiger partial charge in [0.1, 0.15) is 5.82 Å². The molecular weight excluding hydrogens is 545 g/mol. The van der Waals surface area contributed by atoms with E-state index in [4.69, 9.17) is 9.72 Å². The number of carbonyl (C=O) groups is 1. The van der Waals surface area contributed by atoms with E-state index >= 15 is 0 Å². The zero-order chi connectivity index (χ0) is 24.8. The molecular formula is C24H29ClFN3O4S3. The number of rotatable bonds is 10. The average Bonchev–Trinajstić information content (AvgIpc) is 3.29. The van der Waals surface area contributed by atoms with Crippen molar-refractivity contribution >= 4 is 66.6 Å². The molecule has 1 fully saturated rings. The number of thioether (sulfide) groups is 1. The largest absolute Gasteiger partial charge is 0.379 e. The predicted octanol–water partition coefficient (Wildman–Crippen LogP) is 4.50. The minimum Gasteiger partial charge on any atom is -0.379 e. The van der Waals surface area contributed by atoms with Gasteiger partial charge in [0.05, 0.1) is 34.1 Å². The van der Waals surface area contributed by atoms with E-state index in [0.717, 1.165) is 40.3 Å². The Bertz CT molecular complexity index is 1270. The molecule has 12 heteroatoms. The van der Waals surface area contributed by atoms with Crippen LogP contribution < -0.4 is 4.90 Å². The summed E-state index contributed by atoms with van der Waals surface area (Å²) in [5, 5.41) is 0.626. The molecule has 1 saturated heterocycles. The number of carbonyl (C=O) groups excluding carboxylic acids is 1. The lowest BCUT2D eigenvalue weighted by molar-refractivity contribution is -0.118. The van der Waals surface area contributed by atoms with E-state index in [2.05, 4.69) is 4.90 Å². The molecule has 1 amide bonds. The maximum absolute atomic E-state index is 13.3. The summed E-state index contributed by atoms with van der Waals surface area (Å²) < 4.78 is 44.8. The standard InChI is InChI=1S/C24H28FN3O4S3.ClH/c1-33-20-4-2-5-21-23(20)26-24(34-21)28(12-11-27-13-15-32-16-14-27)22(29)6-3-17-35(30,31)19-9-7-18(25)8-10-19;/h2,4-5,7-10H,3,6,11-17H2,1H3;1H. The quantitative estimate of drug-likeness (QED) is 0.261. The fraction of sp³-hybridized carbons (Fsp3) is 0.417. The van der Waals surface area contributed by atoms with Gasteiger partial charge in [-0.1, -0.05) is 17.4 Å². The van der Waals surface area contributed by atoms with Crippen LogP contribution in [0.15, 0.2) is 52.3 Å². The molecule has 0 bridgehead atoms. The Hall–Kier alpha value is -1.76. The highest BCUT2D eigenvalue weighted by atomic mass is 35.5. The van der Waals surface area contributed by atoms with Gasteiger partial charge in [-0.15, -0.1) is 24.2 Å². The van der Waals surface area contributed by atoms with Gasteiger partial charge in [0.25, 0.3) is 0 Å². The van der Waals surface area contributed by atoms with Crippen molar-refractivity contribution in [2.45, 2.75) is 22.6 Å². The molecule has 0 radical (unpaired) electrons. The number of anilines is 1. The number of hydrogen-bond acceptors (Lipinski definition) is 8. The Morgan fingerprint density at radius 2 is 1.92 bits per heavy atom. The number of benzene rings is 2. The van der Waals surface area contributed by atoms with Crippen molar-refractivity contribution in [2.75, 3.05) is 56.3 Å². The topological polar surface area (TPSA) is 79.8 Å². The number of aromatic nitrogens is 1. The second-order valence-corrected chi connectivity index (χ2v) is 12.1. The summed E-state index contributed by atoms with van der Waals surface area (Å²) in [6.07, 6.45) is 2.25. The van der Waals surface area contributed by atoms with Crippen LogP contribution in [0.4, 0.5) is 9.52 Å². The smallest absolute Gasteiger partial charge is 0.228 e. The number of morpholine rings is 1. The Morgan fingerprint density at radius 1 is 1.19 bits per heavy atom. The summed E-state index contributed by atoms with van der Waals surface area (Å²) in [4.78, 5) is 23.2. The van der Waals surface area contributed by atoms with Crippen LogP contribution in [0.25, 0.3) is 10.2 Å². The molecule has 0 atom stereocenters. The Balaban J connectivity index is 0.00000361. The lowest BCUT2D eigenvalue weighted by Crippen LogP contribution is -2.43. The van der Waals surface area contributed by atoms with E-state index < -0.39 is 15.7 Å². The van der Waals surface area contributed by atoms with E-state index in [9.17, 15) is 17.6 Å². The third-order valence-electron chi connectivity index (χ3n) is 5.84. The first-order chi connectivity index (χ1) is 16.9. The summed E-state index contributed by atoms with van der Waals surface area (Å²) in [6, 6.07) is 10.8. The monoisotopic (exact) mass is 573 g/mol. The van der Waals surface area contributed by atoms with E-state index in [1.165, 1.54) is 23.5 Å². The molecule has 1 aliphatic heterocycles. The maximum Gasteiger partial charge on any atom is 0.228 e. The molecule has 1 aliphatic rings. The minimum absolute atomic E-state index is 0. The third-order valence-corrected chi connectivity index (χ3v) is 9.47. The highest BCUT2D eigenvalue weighted by Gasteiger charge is 2.23. The van der Waals surface area contributed by atoms with Gasteiger partial charge in [0.2, 0.25) is 5.91 Å². The van der Waals surface area contributed by atoms with Crippen LogP contribution in [0.1, 0.15) is 12.8 Å². The fourth-order valence-corrected chi connectivity index (χ4v) is 6.87. The van der Waals surface area contributed by atoms with Crippen LogP contribution in [-0.4, -0.2) is 75.6 Å². The summed E-state index contributed by atoms with van der Waals surface area (Å²) in [5.74, 6) is -0.828. The van der Waals surface area contributed by atoms with Crippen molar-refractivity contribution in [3.8, 4) is 0 Å². The number of nitrogens with zero attached hydrogens (tertiary/aromatic N) is 3. The molecule has 0 aliphatic carbocycles. The number of hydrogen-bond donors (Lipinski definition) is 0. The molecule has 0 unspecified atom stereocenters. The number of thiazole rings is 1. The van der Waals surface area contributed by atoms with Crippen LogP contribution >= 0.6 is 35.5 Å². The number of halogens is 2. The van der Waals surface area contributed by atoms with E-state index in [0.29, 0.717) is 31.4 Å². The van der Waals surface area contributed by atoms with Gasteiger partial charge < -0.3 is 4.74 Å². The summed E-state index contributed by atoms with van der Waals surface area (Å²) >= 11 is 3.08. The van der Waals surface area contributed by atoms with Gasteiger partial charge in [-0.3, -0.25) is 14.6 Å². The molecule has 3 aromatic rings. The number of ether oxygens (including phenoxy) is 1. The van der Waals surface area contributed by atoms with Crippen LogP contribution in [0.3, 0.4) is 0 Å². The summed E-state index contributed by atoms with van der Waals surface area (Å²) in [7, 11) is -3.60. The normalized spacial score (nSPS) is 14.5. The number of para-hydroxylation sites is 1. The van der Waals surface area contributed by atoms with E-state index in [-0.39, 0.29) is 41.8 Å². The summed E-state index contributed by atoms with van der Waals surface area (Å²) in [6.45, 7) is 4.13. The molecule has 2 heterocycles. The first-order valence-electron chi connectivity index (χ1n) is 11.4.